The van der Waals surface area contributed by atoms with Gasteiger partial charge >= 0.3 is 11.9 Å². The molecule has 0 aromatic heterocycles. The van der Waals surface area contributed by atoms with Gasteiger partial charge in [0, 0.05) is 12.2 Å². The van der Waals surface area contributed by atoms with Crippen LogP contribution in [-0.2, 0) is 32.3 Å². The van der Waals surface area contributed by atoms with Crippen molar-refractivity contribution >= 4 is 11.9 Å². The first-order valence-corrected chi connectivity index (χ1v) is 8.32. The average molecular weight is 350 g/mol. The summed E-state index contributed by atoms with van der Waals surface area (Å²) in [5, 5.41) is 0. The van der Waals surface area contributed by atoms with E-state index in [2.05, 4.69) is 0 Å². The summed E-state index contributed by atoms with van der Waals surface area (Å²) in [7, 11) is 0. The molecule has 0 aliphatic heterocycles. The first-order chi connectivity index (χ1) is 12.5. The first-order valence-electron chi connectivity index (χ1n) is 8.32. The van der Waals surface area contributed by atoms with Crippen molar-refractivity contribution in [2.45, 2.75) is 27.1 Å². The lowest BCUT2D eigenvalue weighted by atomic mass is 10.2. The molecule has 2 aromatic rings. The van der Waals surface area contributed by atoms with Crippen molar-refractivity contribution in [2.75, 3.05) is 0 Å². The van der Waals surface area contributed by atoms with Crippen LogP contribution in [0.15, 0.2) is 72.8 Å². The van der Waals surface area contributed by atoms with Gasteiger partial charge in [-0.3, -0.25) is 0 Å². The Morgan fingerprint density at radius 2 is 1.04 bits per heavy atom. The van der Waals surface area contributed by atoms with Gasteiger partial charge in [0.1, 0.15) is 13.2 Å². The molecule has 0 radical (unpaired) electrons. The lowest BCUT2D eigenvalue weighted by Gasteiger charge is -2.02. The molecule has 0 bridgehead atoms. The Hall–Kier alpha value is -3.14. The number of aryl methyl sites for hydroxylation is 2. The van der Waals surface area contributed by atoms with Crippen LogP contribution in [0.5, 0.6) is 0 Å². The van der Waals surface area contributed by atoms with Gasteiger partial charge in [0.2, 0.25) is 0 Å². The summed E-state index contributed by atoms with van der Waals surface area (Å²) in [5.41, 5.74) is 4.15. The minimum atomic E-state index is -0.469. The van der Waals surface area contributed by atoms with E-state index in [9.17, 15) is 9.59 Å². The Morgan fingerprint density at radius 3 is 1.38 bits per heavy atom. The van der Waals surface area contributed by atoms with Gasteiger partial charge in [-0.1, -0.05) is 71.8 Å². The molecular weight excluding hydrogens is 328 g/mol. The molecule has 134 valence electrons. The first kappa shape index (κ1) is 19.2. The number of carbonyl (C=O) groups excluding carboxylic acids is 2. The van der Waals surface area contributed by atoms with Crippen LogP contribution in [-0.4, -0.2) is 11.9 Å². The zero-order valence-corrected chi connectivity index (χ0v) is 15.0. The fourth-order valence-corrected chi connectivity index (χ4v) is 2.04. The molecule has 0 spiro atoms. The molecule has 2 aromatic carbocycles. The Balaban J connectivity index is 1.68. The molecule has 0 saturated carbocycles. The van der Waals surface area contributed by atoms with Gasteiger partial charge in [0.05, 0.1) is 0 Å². The summed E-state index contributed by atoms with van der Waals surface area (Å²) in [6, 6.07) is 15.5. The smallest absolute Gasteiger partial charge is 0.331 e. The van der Waals surface area contributed by atoms with E-state index in [-0.39, 0.29) is 13.2 Å². The number of rotatable bonds is 7. The van der Waals surface area contributed by atoms with E-state index in [1.807, 2.05) is 62.4 Å². The maximum absolute atomic E-state index is 11.6. The Bertz CT molecular complexity index is 714. The van der Waals surface area contributed by atoms with Crippen molar-refractivity contribution in [2.24, 2.45) is 0 Å². The third kappa shape index (κ3) is 7.18. The van der Waals surface area contributed by atoms with Gasteiger partial charge in [-0.25, -0.2) is 9.59 Å². The van der Waals surface area contributed by atoms with Crippen molar-refractivity contribution in [3.63, 3.8) is 0 Å². The Labute approximate surface area is 153 Å². The monoisotopic (exact) mass is 350 g/mol. The van der Waals surface area contributed by atoms with Crippen molar-refractivity contribution < 1.29 is 19.1 Å². The molecule has 4 nitrogen and oxygen atoms in total. The predicted molar refractivity (Wildman–Crippen MR) is 100 cm³/mol. The fourth-order valence-electron chi connectivity index (χ4n) is 2.04. The molecule has 0 amide bonds. The predicted octanol–water partition coefficient (Wildman–Crippen LogP) is 4.20. The van der Waals surface area contributed by atoms with Crippen LogP contribution in [0.2, 0.25) is 0 Å². The van der Waals surface area contributed by atoms with Crippen molar-refractivity contribution in [3.05, 3.63) is 95.1 Å². The molecule has 0 N–H and O–H groups in total. The van der Waals surface area contributed by atoms with E-state index in [0.717, 1.165) is 22.3 Å². The SMILES string of the molecule is Cc1ccc(COC(=O)/C=C/C=C/C(=O)OCc2ccc(C)cc2)cc1. The van der Waals surface area contributed by atoms with Gasteiger partial charge in [-0.2, -0.15) is 0 Å². The van der Waals surface area contributed by atoms with E-state index in [1.165, 1.54) is 24.3 Å². The number of hydrogen-bond donors (Lipinski definition) is 0. The highest BCUT2D eigenvalue weighted by molar-refractivity contribution is 5.84. The van der Waals surface area contributed by atoms with Crippen molar-refractivity contribution in [1.29, 1.82) is 0 Å². The summed E-state index contributed by atoms with van der Waals surface area (Å²) in [6.07, 6.45) is 5.42. The second-order valence-corrected chi connectivity index (χ2v) is 5.90. The molecule has 0 unspecified atom stereocenters. The zero-order chi connectivity index (χ0) is 18.8. The molecule has 0 atom stereocenters. The highest BCUT2D eigenvalue weighted by atomic mass is 16.5. The average Bonchev–Trinajstić information content (AvgIpc) is 2.64. The Morgan fingerprint density at radius 1 is 0.692 bits per heavy atom. The topological polar surface area (TPSA) is 52.6 Å². The molecule has 26 heavy (non-hydrogen) atoms. The van der Waals surface area contributed by atoms with Crippen molar-refractivity contribution in [3.8, 4) is 0 Å². The summed E-state index contributed by atoms with van der Waals surface area (Å²) in [5.74, 6) is -0.938. The largest absolute Gasteiger partial charge is 0.458 e. The lowest BCUT2D eigenvalue weighted by Crippen LogP contribution is -2.01. The highest BCUT2D eigenvalue weighted by Crippen LogP contribution is 2.06. The van der Waals surface area contributed by atoms with E-state index in [4.69, 9.17) is 9.47 Å². The Kier molecular flexibility index (Phi) is 7.37. The van der Waals surface area contributed by atoms with Gasteiger partial charge in [-0.05, 0) is 25.0 Å². The number of allylic oxidation sites excluding steroid dienone is 2. The summed E-state index contributed by atoms with van der Waals surface area (Å²) in [4.78, 5) is 23.2. The van der Waals surface area contributed by atoms with Crippen LogP contribution < -0.4 is 0 Å². The van der Waals surface area contributed by atoms with Crippen LogP contribution in [0.25, 0.3) is 0 Å². The molecule has 0 aliphatic carbocycles. The van der Waals surface area contributed by atoms with Crippen LogP contribution in [0, 0.1) is 13.8 Å². The fraction of sp³-hybridized carbons (Fsp3) is 0.182. The second kappa shape index (κ2) is 9.99. The zero-order valence-electron chi connectivity index (χ0n) is 15.0. The minimum absolute atomic E-state index is 0.214. The molecule has 0 aliphatic rings. The van der Waals surface area contributed by atoms with Crippen LogP contribution in [0.3, 0.4) is 0 Å². The molecule has 2 rings (SSSR count). The molecule has 0 saturated heterocycles. The van der Waals surface area contributed by atoms with E-state index in [1.54, 1.807) is 0 Å². The second-order valence-electron chi connectivity index (χ2n) is 5.90. The summed E-state index contributed by atoms with van der Waals surface area (Å²) >= 11 is 0. The molecule has 0 heterocycles. The lowest BCUT2D eigenvalue weighted by molar-refractivity contribution is -0.140. The molecule has 4 heteroatoms. The van der Waals surface area contributed by atoms with E-state index >= 15 is 0 Å². The van der Waals surface area contributed by atoms with Gasteiger partial charge in [0.25, 0.3) is 0 Å². The number of carbonyl (C=O) groups is 2. The standard InChI is InChI=1S/C22H22O4/c1-17-7-11-19(12-8-17)15-25-21(23)5-3-4-6-22(24)26-16-20-13-9-18(2)10-14-20/h3-14H,15-16H2,1-2H3/b5-3+,6-4+. The summed E-state index contributed by atoms with van der Waals surface area (Å²) < 4.78 is 10.2. The number of benzene rings is 2. The maximum Gasteiger partial charge on any atom is 0.331 e. The number of hydrogen-bond acceptors (Lipinski definition) is 4. The summed E-state index contributed by atoms with van der Waals surface area (Å²) in [6.45, 7) is 4.42. The highest BCUT2D eigenvalue weighted by Gasteiger charge is 1.99. The molecule has 0 fully saturated rings. The van der Waals surface area contributed by atoms with Crippen molar-refractivity contribution in [1.82, 2.24) is 0 Å². The minimum Gasteiger partial charge on any atom is -0.458 e. The maximum atomic E-state index is 11.6. The van der Waals surface area contributed by atoms with Gasteiger partial charge in [-0.15, -0.1) is 0 Å². The number of esters is 2. The molecular formula is C22H22O4. The van der Waals surface area contributed by atoms with Crippen LogP contribution >= 0.6 is 0 Å². The van der Waals surface area contributed by atoms with E-state index in [0.29, 0.717) is 0 Å². The van der Waals surface area contributed by atoms with Gasteiger partial charge < -0.3 is 9.47 Å². The third-order valence-electron chi connectivity index (χ3n) is 3.58. The van der Waals surface area contributed by atoms with E-state index < -0.39 is 11.9 Å². The normalized spacial score (nSPS) is 11.0. The van der Waals surface area contributed by atoms with Crippen LogP contribution in [0.1, 0.15) is 22.3 Å². The third-order valence-corrected chi connectivity index (χ3v) is 3.58. The number of ether oxygens (including phenoxy) is 2. The van der Waals surface area contributed by atoms with Gasteiger partial charge in [0.15, 0.2) is 0 Å². The van der Waals surface area contributed by atoms with Crippen LogP contribution in [0.4, 0.5) is 0 Å². The quantitative estimate of drug-likeness (QED) is 0.427.